The highest BCUT2D eigenvalue weighted by molar-refractivity contribution is 7.52. The van der Waals surface area contributed by atoms with Crippen molar-refractivity contribution in [3.05, 3.63) is 78.0 Å². The number of hydrogen-bond donors (Lipinski definition) is 5. The van der Waals surface area contributed by atoms with E-state index in [1.165, 1.54) is 12.1 Å². The molecule has 0 saturated carbocycles. The molecule has 10 nitrogen and oxygen atoms in total. The van der Waals surface area contributed by atoms with Gasteiger partial charge in [-0.3, -0.25) is 14.2 Å². The molecule has 3 heterocycles. The van der Waals surface area contributed by atoms with Crippen LogP contribution in [0.5, 0.6) is 0 Å². The van der Waals surface area contributed by atoms with Crippen LogP contribution in [0.15, 0.2) is 66.7 Å². The standard InChI is InChI=1S/C28H31F2N4O6P/c1-33(19-7-3-2-4-8-19)27(37)24-14-12-20-9-5-6-10-22(26(36)34(20)24)32-25(35)23-16-17-15-18(11-13-21(17)31-23)28(29,30)41(38,39)40/h2-8,11,13,15-16,20,22,24,27,31,37H,9-10,12,14H2,1H3,(H,32,35)(H2,38,39,40)/b6-5-/t20-,22-,24-,27?/m0/s1. The Labute approximate surface area is 234 Å². The van der Waals surface area contributed by atoms with Crippen molar-refractivity contribution in [1.29, 1.82) is 0 Å². The molecule has 13 heteroatoms. The molecule has 2 aliphatic heterocycles. The number of benzene rings is 2. The minimum absolute atomic E-state index is 0.00569. The largest absolute Gasteiger partial charge is 0.399 e. The van der Waals surface area contributed by atoms with Gasteiger partial charge in [-0.25, -0.2) is 0 Å². The molecular weight excluding hydrogens is 557 g/mol. The van der Waals surface area contributed by atoms with Gasteiger partial charge in [0.15, 0.2) is 0 Å². The van der Waals surface area contributed by atoms with Gasteiger partial charge in [-0.15, -0.1) is 0 Å². The third-order valence-electron chi connectivity index (χ3n) is 7.83. The number of hydrogen-bond acceptors (Lipinski definition) is 5. The van der Waals surface area contributed by atoms with Crippen LogP contribution in [0.4, 0.5) is 14.5 Å². The molecule has 1 aromatic heterocycles. The number of aromatic amines is 1. The summed E-state index contributed by atoms with van der Waals surface area (Å²) in [6.45, 7) is 0. The first kappa shape index (κ1) is 28.9. The Balaban J connectivity index is 1.36. The number of carbonyl (C=O) groups is 2. The van der Waals surface area contributed by atoms with Gasteiger partial charge in [-0.05, 0) is 56.0 Å². The monoisotopic (exact) mass is 588 g/mol. The smallest absolute Gasteiger partial charge is 0.371 e. The average Bonchev–Trinajstić information content (AvgIpc) is 3.56. The fourth-order valence-corrected chi connectivity index (χ4v) is 6.06. The Bertz CT molecular complexity index is 1520. The van der Waals surface area contributed by atoms with Gasteiger partial charge in [0.25, 0.3) is 5.91 Å². The lowest BCUT2D eigenvalue weighted by Gasteiger charge is -2.39. The molecule has 1 unspecified atom stereocenters. The van der Waals surface area contributed by atoms with E-state index in [-0.39, 0.29) is 29.4 Å². The zero-order valence-corrected chi connectivity index (χ0v) is 23.0. The molecule has 218 valence electrons. The number of aliphatic hydroxyl groups excluding tert-OH is 1. The first-order chi connectivity index (χ1) is 19.4. The molecule has 5 N–H and O–H groups in total. The summed E-state index contributed by atoms with van der Waals surface area (Å²) in [6, 6.07) is 12.1. The lowest BCUT2D eigenvalue weighted by Crippen LogP contribution is -2.57. The van der Waals surface area contributed by atoms with Crippen molar-refractivity contribution in [1.82, 2.24) is 15.2 Å². The van der Waals surface area contributed by atoms with Gasteiger partial charge in [0.2, 0.25) is 5.91 Å². The summed E-state index contributed by atoms with van der Waals surface area (Å²) in [5, 5.41) is 14.2. The molecule has 2 aromatic carbocycles. The third-order valence-corrected chi connectivity index (χ3v) is 8.82. The second-order valence-electron chi connectivity index (χ2n) is 10.4. The van der Waals surface area contributed by atoms with Crippen LogP contribution in [-0.2, 0) is 15.0 Å². The molecule has 1 saturated heterocycles. The van der Waals surface area contributed by atoms with Crippen molar-refractivity contribution in [3.8, 4) is 0 Å². The number of anilines is 1. The Hall–Kier alpha value is -3.57. The lowest BCUT2D eigenvalue weighted by atomic mass is 10.0. The Morgan fingerprint density at radius 2 is 1.83 bits per heavy atom. The fourth-order valence-electron chi connectivity index (χ4n) is 5.59. The zero-order chi connectivity index (χ0) is 29.5. The van der Waals surface area contributed by atoms with Crippen LogP contribution in [0.2, 0.25) is 0 Å². The fraction of sp³-hybridized carbons (Fsp3) is 0.357. The van der Waals surface area contributed by atoms with Gasteiger partial charge in [0.1, 0.15) is 18.0 Å². The van der Waals surface area contributed by atoms with E-state index in [1.807, 2.05) is 42.5 Å². The third kappa shape index (κ3) is 5.52. The number of aliphatic hydroxyl groups is 1. The van der Waals surface area contributed by atoms with Gasteiger partial charge < -0.3 is 35.0 Å². The van der Waals surface area contributed by atoms with E-state index in [2.05, 4.69) is 10.3 Å². The van der Waals surface area contributed by atoms with Gasteiger partial charge in [0.05, 0.1) is 6.04 Å². The van der Waals surface area contributed by atoms with Crippen LogP contribution in [0.25, 0.3) is 10.9 Å². The summed E-state index contributed by atoms with van der Waals surface area (Å²) < 4.78 is 39.7. The maximum atomic E-state index is 14.2. The van der Waals surface area contributed by atoms with Gasteiger partial charge >= 0.3 is 13.3 Å². The number of nitrogens with one attached hydrogen (secondary N) is 2. The Kier molecular flexibility index (Phi) is 7.78. The summed E-state index contributed by atoms with van der Waals surface area (Å²) in [6.07, 6.45) is 4.97. The second-order valence-corrected chi connectivity index (χ2v) is 12.1. The van der Waals surface area contributed by atoms with Crippen molar-refractivity contribution in [2.75, 3.05) is 11.9 Å². The Morgan fingerprint density at radius 3 is 2.54 bits per heavy atom. The maximum absolute atomic E-state index is 14.2. The number of nitrogens with zero attached hydrogens (tertiary/aromatic N) is 2. The molecule has 2 aliphatic rings. The van der Waals surface area contributed by atoms with E-state index in [0.717, 1.165) is 17.8 Å². The van der Waals surface area contributed by atoms with Crippen LogP contribution in [0, 0.1) is 0 Å². The zero-order valence-electron chi connectivity index (χ0n) is 22.2. The number of fused-ring (bicyclic) bond motifs is 2. The highest BCUT2D eigenvalue weighted by Crippen LogP contribution is 2.59. The van der Waals surface area contributed by atoms with E-state index < -0.39 is 43.0 Å². The van der Waals surface area contributed by atoms with Crippen molar-refractivity contribution < 1.29 is 37.8 Å². The van der Waals surface area contributed by atoms with E-state index in [9.17, 15) is 28.0 Å². The van der Waals surface area contributed by atoms with Crippen LogP contribution in [-0.4, -0.2) is 68.0 Å². The summed E-state index contributed by atoms with van der Waals surface area (Å²) >= 11 is 0. The number of para-hydroxylation sites is 1. The Morgan fingerprint density at radius 1 is 1.12 bits per heavy atom. The minimum Gasteiger partial charge on any atom is -0.371 e. The van der Waals surface area contributed by atoms with Crippen LogP contribution in [0.1, 0.15) is 41.7 Å². The molecule has 3 aromatic rings. The van der Waals surface area contributed by atoms with Crippen molar-refractivity contribution >= 4 is 36.0 Å². The van der Waals surface area contributed by atoms with E-state index in [1.54, 1.807) is 16.8 Å². The quantitative estimate of drug-likeness (QED) is 0.161. The van der Waals surface area contributed by atoms with Crippen molar-refractivity contribution in [3.63, 3.8) is 0 Å². The number of halogens is 2. The number of H-pyrrole nitrogens is 1. The maximum Gasteiger partial charge on any atom is 0.399 e. The van der Waals surface area contributed by atoms with E-state index >= 15 is 0 Å². The first-order valence-electron chi connectivity index (χ1n) is 13.2. The molecular formula is C28H31F2N4O6P. The van der Waals surface area contributed by atoms with Crippen LogP contribution >= 0.6 is 7.60 Å². The second kappa shape index (κ2) is 11.0. The number of likely N-dealkylation sites (N-methyl/N-ethyl adjacent to an activating group) is 1. The summed E-state index contributed by atoms with van der Waals surface area (Å²) in [4.78, 5) is 51.3. The van der Waals surface area contributed by atoms with Gasteiger partial charge in [-0.1, -0.05) is 36.4 Å². The highest BCUT2D eigenvalue weighted by atomic mass is 31.2. The van der Waals surface area contributed by atoms with Crippen molar-refractivity contribution in [2.45, 2.75) is 55.7 Å². The number of amides is 2. The van der Waals surface area contributed by atoms with Gasteiger partial charge in [0, 0.05) is 35.2 Å². The predicted octanol–water partition coefficient (Wildman–Crippen LogP) is 3.66. The molecule has 2 amide bonds. The normalized spacial score (nSPS) is 23.0. The topological polar surface area (TPSA) is 146 Å². The van der Waals surface area contributed by atoms with Crippen LogP contribution < -0.4 is 10.2 Å². The minimum atomic E-state index is -5.76. The number of carbonyl (C=O) groups excluding carboxylic acids is 2. The summed E-state index contributed by atoms with van der Waals surface area (Å²) in [5.74, 6) is -0.971. The SMILES string of the molecule is CN(c1ccccc1)C(O)[C@@H]1CC[C@@H]2C/C=C\C[C@H](NC(=O)c3cc4cc(C(F)(F)P(=O)(O)O)ccc4[nH]3)C(=O)N21. The lowest BCUT2D eigenvalue weighted by molar-refractivity contribution is -0.138. The number of alkyl halides is 2. The summed E-state index contributed by atoms with van der Waals surface area (Å²) in [7, 11) is -4.00. The molecule has 0 aliphatic carbocycles. The van der Waals surface area contributed by atoms with Gasteiger partial charge in [-0.2, -0.15) is 8.78 Å². The molecule has 4 atom stereocenters. The number of aromatic nitrogens is 1. The molecule has 0 spiro atoms. The first-order valence-corrected chi connectivity index (χ1v) is 14.8. The van der Waals surface area contributed by atoms with E-state index in [4.69, 9.17) is 9.79 Å². The average molecular weight is 589 g/mol. The molecule has 41 heavy (non-hydrogen) atoms. The van der Waals surface area contributed by atoms with Crippen molar-refractivity contribution in [2.24, 2.45) is 0 Å². The summed E-state index contributed by atoms with van der Waals surface area (Å²) in [5.41, 5.74) is -4.17. The van der Waals surface area contributed by atoms with Crippen LogP contribution in [0.3, 0.4) is 0 Å². The highest BCUT2D eigenvalue weighted by Gasteiger charge is 2.50. The molecule has 0 bridgehead atoms. The molecule has 0 radical (unpaired) electrons. The molecule has 5 rings (SSSR count). The molecule has 1 fully saturated rings. The van der Waals surface area contributed by atoms with E-state index in [0.29, 0.717) is 24.8 Å². The number of rotatable bonds is 7. The predicted molar refractivity (Wildman–Crippen MR) is 148 cm³/mol.